The molecule has 1 aromatic rings. The topological polar surface area (TPSA) is 38.7 Å². The van der Waals surface area contributed by atoms with Crippen molar-refractivity contribution in [2.45, 2.75) is 53.2 Å². The Balaban J connectivity index is 2.91. The molecule has 0 amide bonds. The largest absolute Gasteiger partial charge is 0.504 e. The summed E-state index contributed by atoms with van der Waals surface area (Å²) in [6, 6.07) is 5.59. The first-order valence-electron chi connectivity index (χ1n) is 6.82. The van der Waals surface area contributed by atoms with Crippen molar-refractivity contribution in [1.29, 1.82) is 0 Å². The number of aromatic hydroxyl groups is 1. The summed E-state index contributed by atoms with van der Waals surface area (Å²) < 4.78 is 11.1. The van der Waals surface area contributed by atoms with Crippen LogP contribution in [0.15, 0.2) is 18.2 Å². The van der Waals surface area contributed by atoms with Crippen molar-refractivity contribution in [2.24, 2.45) is 5.41 Å². The first-order valence-corrected chi connectivity index (χ1v) is 6.82. The van der Waals surface area contributed by atoms with Crippen molar-refractivity contribution in [3.8, 4) is 11.5 Å². The number of phenols is 1. The summed E-state index contributed by atoms with van der Waals surface area (Å²) in [5.74, 6) is 1.07. The van der Waals surface area contributed by atoms with Crippen LogP contribution < -0.4 is 4.74 Å². The fourth-order valence-corrected chi connectivity index (χ4v) is 1.87. The Kier molecular flexibility index (Phi) is 5.24. The normalized spacial score (nSPS) is 15.1. The molecule has 3 heteroatoms. The molecule has 0 heterocycles. The van der Waals surface area contributed by atoms with E-state index in [0.29, 0.717) is 11.7 Å². The molecule has 0 saturated carbocycles. The zero-order valence-corrected chi connectivity index (χ0v) is 12.9. The molecule has 0 aliphatic carbocycles. The van der Waals surface area contributed by atoms with Crippen LogP contribution >= 0.6 is 0 Å². The van der Waals surface area contributed by atoms with E-state index in [1.807, 2.05) is 32.9 Å². The van der Waals surface area contributed by atoms with Gasteiger partial charge in [0.15, 0.2) is 11.5 Å². The third-order valence-corrected chi connectivity index (χ3v) is 3.32. The lowest BCUT2D eigenvalue weighted by molar-refractivity contribution is -0.121. The maximum absolute atomic E-state index is 10.1. The van der Waals surface area contributed by atoms with Gasteiger partial charge in [-0.2, -0.15) is 0 Å². The van der Waals surface area contributed by atoms with Crippen molar-refractivity contribution in [3.63, 3.8) is 0 Å². The number of hydrogen-bond donors (Lipinski definition) is 1. The predicted molar refractivity (Wildman–Crippen MR) is 77.7 cm³/mol. The van der Waals surface area contributed by atoms with E-state index < -0.39 is 6.29 Å². The van der Waals surface area contributed by atoms with Gasteiger partial charge in [-0.15, -0.1) is 0 Å². The van der Waals surface area contributed by atoms with Gasteiger partial charge in [0.25, 0.3) is 0 Å². The molecule has 0 fully saturated rings. The Hall–Kier alpha value is -1.22. The van der Waals surface area contributed by atoms with Crippen LogP contribution in [0.5, 0.6) is 11.5 Å². The van der Waals surface area contributed by atoms with Gasteiger partial charge < -0.3 is 14.6 Å². The molecule has 19 heavy (non-hydrogen) atoms. The fraction of sp³-hybridized carbons (Fsp3) is 0.625. The average molecular weight is 266 g/mol. The maximum Gasteiger partial charge on any atom is 0.204 e. The van der Waals surface area contributed by atoms with E-state index in [9.17, 15) is 5.11 Å². The molecule has 0 aromatic heterocycles. The van der Waals surface area contributed by atoms with Gasteiger partial charge in [0.05, 0.1) is 0 Å². The number of hydrogen-bond acceptors (Lipinski definition) is 3. The average Bonchev–Trinajstić information content (AvgIpc) is 2.34. The smallest absolute Gasteiger partial charge is 0.204 e. The van der Waals surface area contributed by atoms with E-state index in [2.05, 4.69) is 13.8 Å². The third-order valence-electron chi connectivity index (χ3n) is 3.32. The van der Waals surface area contributed by atoms with Crippen molar-refractivity contribution in [3.05, 3.63) is 23.8 Å². The summed E-state index contributed by atoms with van der Waals surface area (Å²) in [6.07, 6.45) is 0.648. The van der Waals surface area contributed by atoms with E-state index in [0.717, 1.165) is 12.0 Å². The van der Waals surface area contributed by atoms with Crippen molar-refractivity contribution < 1.29 is 14.6 Å². The summed E-state index contributed by atoms with van der Waals surface area (Å²) in [7, 11) is 1.61. The molecular formula is C16H26O3. The Labute approximate surface area is 116 Å². The molecule has 0 bridgehead atoms. The number of ether oxygens (including phenoxy) is 2. The standard InChI is InChI=1S/C16H26O3/c1-7-11(2)12-8-9-14(13(17)10-12)19-15(18-6)16(3,4)5/h8-11,15,17H,7H2,1-6H3. The molecule has 1 N–H and O–H groups in total. The highest BCUT2D eigenvalue weighted by Gasteiger charge is 2.27. The summed E-state index contributed by atoms with van der Waals surface area (Å²) in [6.45, 7) is 10.4. The summed E-state index contributed by atoms with van der Waals surface area (Å²) in [4.78, 5) is 0. The van der Waals surface area contributed by atoms with Crippen molar-refractivity contribution >= 4 is 0 Å². The molecule has 1 aromatic carbocycles. The number of benzene rings is 1. The minimum absolute atomic E-state index is 0.156. The van der Waals surface area contributed by atoms with Crippen molar-refractivity contribution in [1.82, 2.24) is 0 Å². The first kappa shape index (κ1) is 15.8. The quantitative estimate of drug-likeness (QED) is 0.807. The second-order valence-corrected chi connectivity index (χ2v) is 6.09. The lowest BCUT2D eigenvalue weighted by atomic mass is 9.95. The number of methoxy groups -OCH3 is 1. The summed E-state index contributed by atoms with van der Waals surface area (Å²) in [5.41, 5.74) is 0.966. The van der Waals surface area contributed by atoms with Crippen LogP contribution in [0, 0.1) is 5.41 Å². The van der Waals surface area contributed by atoms with Gasteiger partial charge in [0.1, 0.15) is 0 Å². The highest BCUT2D eigenvalue weighted by molar-refractivity contribution is 5.42. The van der Waals surface area contributed by atoms with Gasteiger partial charge in [0.2, 0.25) is 6.29 Å². The molecule has 108 valence electrons. The van der Waals surface area contributed by atoms with Crippen LogP contribution in [0.1, 0.15) is 52.5 Å². The minimum atomic E-state index is -0.396. The monoisotopic (exact) mass is 266 g/mol. The lowest BCUT2D eigenvalue weighted by Crippen LogP contribution is -2.33. The van der Waals surface area contributed by atoms with Gasteiger partial charge in [0, 0.05) is 12.5 Å². The third kappa shape index (κ3) is 4.13. The second-order valence-electron chi connectivity index (χ2n) is 6.09. The molecule has 0 aliphatic rings. The Bertz CT molecular complexity index is 407. The molecule has 0 radical (unpaired) electrons. The molecule has 0 saturated heterocycles. The first-order chi connectivity index (χ1) is 8.79. The molecule has 2 unspecified atom stereocenters. The number of rotatable bonds is 5. The van der Waals surface area contributed by atoms with Gasteiger partial charge >= 0.3 is 0 Å². The lowest BCUT2D eigenvalue weighted by Gasteiger charge is -2.29. The van der Waals surface area contributed by atoms with Gasteiger partial charge in [-0.05, 0) is 30.0 Å². The predicted octanol–water partition coefficient (Wildman–Crippen LogP) is 4.30. The number of phenolic OH excluding ortho intramolecular Hbond substituents is 1. The van der Waals surface area contributed by atoms with Crippen LogP contribution in [0.2, 0.25) is 0 Å². The highest BCUT2D eigenvalue weighted by atomic mass is 16.7. The van der Waals surface area contributed by atoms with Crippen molar-refractivity contribution in [2.75, 3.05) is 7.11 Å². The maximum atomic E-state index is 10.1. The Morgan fingerprint density at radius 3 is 2.32 bits per heavy atom. The zero-order chi connectivity index (χ0) is 14.6. The van der Waals surface area contributed by atoms with Crippen LogP contribution in [0.3, 0.4) is 0 Å². The van der Waals surface area contributed by atoms with Crippen LogP contribution in [-0.4, -0.2) is 18.5 Å². The van der Waals surface area contributed by atoms with Crippen LogP contribution in [-0.2, 0) is 4.74 Å². The van der Waals surface area contributed by atoms with Crippen LogP contribution in [0.25, 0.3) is 0 Å². The summed E-state index contributed by atoms with van der Waals surface area (Å²) >= 11 is 0. The van der Waals surface area contributed by atoms with E-state index in [-0.39, 0.29) is 11.2 Å². The molecule has 2 atom stereocenters. The molecule has 0 spiro atoms. The minimum Gasteiger partial charge on any atom is -0.504 e. The fourth-order valence-electron chi connectivity index (χ4n) is 1.87. The van der Waals surface area contributed by atoms with E-state index in [1.165, 1.54) is 0 Å². The molecular weight excluding hydrogens is 240 g/mol. The molecule has 0 aliphatic heterocycles. The Morgan fingerprint density at radius 2 is 1.89 bits per heavy atom. The van der Waals surface area contributed by atoms with Gasteiger partial charge in [-0.25, -0.2) is 0 Å². The van der Waals surface area contributed by atoms with Gasteiger partial charge in [-0.1, -0.05) is 40.7 Å². The molecule has 1 rings (SSSR count). The Morgan fingerprint density at radius 1 is 1.26 bits per heavy atom. The van der Waals surface area contributed by atoms with E-state index >= 15 is 0 Å². The summed E-state index contributed by atoms with van der Waals surface area (Å²) in [5, 5.41) is 10.1. The highest BCUT2D eigenvalue weighted by Crippen LogP contribution is 2.34. The second kappa shape index (κ2) is 6.29. The van der Waals surface area contributed by atoms with E-state index in [4.69, 9.17) is 9.47 Å². The van der Waals surface area contributed by atoms with Crippen LogP contribution in [0.4, 0.5) is 0 Å². The zero-order valence-electron chi connectivity index (χ0n) is 12.9. The van der Waals surface area contributed by atoms with E-state index in [1.54, 1.807) is 13.2 Å². The SMILES string of the molecule is CCC(C)c1ccc(OC(OC)C(C)(C)C)c(O)c1. The molecule has 3 nitrogen and oxygen atoms in total. The van der Waals surface area contributed by atoms with Gasteiger partial charge in [-0.3, -0.25) is 0 Å².